The number of hydrogen-bond donors (Lipinski definition) is 2. The maximum atomic E-state index is 13.5. The van der Waals surface area contributed by atoms with Gasteiger partial charge < -0.3 is 20.1 Å². The van der Waals surface area contributed by atoms with Gasteiger partial charge in [0.2, 0.25) is 5.95 Å². The third kappa shape index (κ3) is 3.68. The van der Waals surface area contributed by atoms with Gasteiger partial charge in [0.05, 0.1) is 18.8 Å². The number of fused-ring (bicyclic) bond motifs is 2. The Morgan fingerprint density at radius 1 is 1.06 bits per heavy atom. The molecule has 164 valence electrons. The van der Waals surface area contributed by atoms with E-state index in [1.54, 1.807) is 4.68 Å². The Morgan fingerprint density at radius 3 is 2.59 bits per heavy atom. The molecule has 3 aromatic rings. The SMILES string of the molecule is CC1=C(C(=O)Nc2ccc(C)cc2)C(c2ccc3c(c2)OCCCO3)n2nc(C)nc2N1. The number of nitrogens with zero attached hydrogens (tertiary/aromatic N) is 3. The highest BCUT2D eigenvalue weighted by Crippen LogP contribution is 2.39. The Hall–Kier alpha value is -3.81. The molecular weight excluding hydrogens is 406 g/mol. The number of hydrogen-bond acceptors (Lipinski definition) is 6. The molecule has 0 bridgehead atoms. The van der Waals surface area contributed by atoms with Crippen LogP contribution in [0.1, 0.15) is 36.3 Å². The number of aryl methyl sites for hydroxylation is 2. The van der Waals surface area contributed by atoms with Crippen LogP contribution in [0.2, 0.25) is 0 Å². The molecule has 1 unspecified atom stereocenters. The Morgan fingerprint density at radius 2 is 1.81 bits per heavy atom. The summed E-state index contributed by atoms with van der Waals surface area (Å²) in [6, 6.07) is 13.1. The Labute approximate surface area is 186 Å². The van der Waals surface area contributed by atoms with E-state index in [4.69, 9.17) is 9.47 Å². The third-order valence-corrected chi connectivity index (χ3v) is 5.60. The zero-order valence-electron chi connectivity index (χ0n) is 18.3. The highest BCUT2D eigenvalue weighted by atomic mass is 16.5. The first kappa shape index (κ1) is 20.1. The van der Waals surface area contributed by atoms with Gasteiger partial charge in [0.25, 0.3) is 5.91 Å². The molecule has 0 fully saturated rings. The lowest BCUT2D eigenvalue weighted by Gasteiger charge is -2.29. The lowest BCUT2D eigenvalue weighted by atomic mass is 9.94. The number of allylic oxidation sites excluding steroid dienone is 1. The summed E-state index contributed by atoms with van der Waals surface area (Å²) in [6.45, 7) is 6.94. The van der Waals surface area contributed by atoms with Gasteiger partial charge in [-0.05, 0) is 50.6 Å². The van der Waals surface area contributed by atoms with E-state index in [1.165, 1.54) is 0 Å². The summed E-state index contributed by atoms with van der Waals surface area (Å²) in [5.41, 5.74) is 4.03. The normalized spacial score (nSPS) is 17.3. The minimum atomic E-state index is -0.463. The van der Waals surface area contributed by atoms with Gasteiger partial charge in [0, 0.05) is 17.8 Å². The van der Waals surface area contributed by atoms with Crippen molar-refractivity contribution in [2.75, 3.05) is 23.8 Å². The topological polar surface area (TPSA) is 90.3 Å². The van der Waals surface area contributed by atoms with Crippen LogP contribution in [0.3, 0.4) is 0 Å². The number of benzene rings is 2. The fraction of sp³-hybridized carbons (Fsp3) is 0.292. The average Bonchev–Trinajstić information content (AvgIpc) is 2.98. The Bertz CT molecular complexity index is 1210. The number of carbonyl (C=O) groups excluding carboxylic acids is 1. The second kappa shape index (κ2) is 8.03. The van der Waals surface area contributed by atoms with Crippen LogP contribution >= 0.6 is 0 Å². The first-order chi connectivity index (χ1) is 15.5. The predicted octanol–water partition coefficient (Wildman–Crippen LogP) is 3.98. The van der Waals surface area contributed by atoms with Crippen LogP contribution in [-0.4, -0.2) is 33.9 Å². The molecule has 2 N–H and O–H groups in total. The second-order valence-corrected chi connectivity index (χ2v) is 8.07. The van der Waals surface area contributed by atoms with Gasteiger partial charge in [-0.2, -0.15) is 10.1 Å². The molecule has 0 radical (unpaired) electrons. The summed E-state index contributed by atoms with van der Waals surface area (Å²) in [7, 11) is 0. The van der Waals surface area contributed by atoms with Gasteiger partial charge in [-0.1, -0.05) is 23.8 Å². The van der Waals surface area contributed by atoms with E-state index < -0.39 is 6.04 Å². The zero-order valence-corrected chi connectivity index (χ0v) is 18.3. The molecule has 0 aliphatic carbocycles. The number of anilines is 2. The van der Waals surface area contributed by atoms with Crippen molar-refractivity contribution in [2.45, 2.75) is 33.2 Å². The Kier molecular flexibility index (Phi) is 5.05. The molecule has 1 atom stereocenters. The van der Waals surface area contributed by atoms with Crippen LogP contribution in [0.5, 0.6) is 11.5 Å². The minimum Gasteiger partial charge on any atom is -0.490 e. The van der Waals surface area contributed by atoms with Crippen molar-refractivity contribution in [2.24, 2.45) is 0 Å². The molecule has 5 rings (SSSR count). The van der Waals surface area contributed by atoms with Gasteiger partial charge in [-0.3, -0.25) is 4.79 Å². The highest BCUT2D eigenvalue weighted by molar-refractivity contribution is 6.06. The molecule has 8 heteroatoms. The molecular formula is C24H25N5O3. The monoisotopic (exact) mass is 431 g/mol. The smallest absolute Gasteiger partial charge is 0.255 e. The summed E-state index contributed by atoms with van der Waals surface area (Å²) in [5, 5.41) is 10.8. The lowest BCUT2D eigenvalue weighted by molar-refractivity contribution is -0.113. The lowest BCUT2D eigenvalue weighted by Crippen LogP contribution is -2.31. The first-order valence-electron chi connectivity index (χ1n) is 10.7. The number of carbonyl (C=O) groups is 1. The molecule has 1 aromatic heterocycles. The fourth-order valence-corrected chi connectivity index (χ4v) is 4.05. The van der Waals surface area contributed by atoms with Gasteiger partial charge in [0.15, 0.2) is 11.5 Å². The average molecular weight is 431 g/mol. The quantitative estimate of drug-likeness (QED) is 0.652. The van der Waals surface area contributed by atoms with Crippen LogP contribution in [-0.2, 0) is 4.79 Å². The Balaban J connectivity index is 1.57. The molecule has 2 aliphatic heterocycles. The molecule has 32 heavy (non-hydrogen) atoms. The van der Waals surface area contributed by atoms with E-state index in [0.717, 1.165) is 28.9 Å². The summed E-state index contributed by atoms with van der Waals surface area (Å²) < 4.78 is 13.4. The second-order valence-electron chi connectivity index (χ2n) is 8.07. The van der Waals surface area contributed by atoms with Crippen molar-refractivity contribution in [3.8, 4) is 11.5 Å². The van der Waals surface area contributed by atoms with Gasteiger partial charge in [-0.15, -0.1) is 0 Å². The predicted molar refractivity (Wildman–Crippen MR) is 121 cm³/mol. The standard InChI is InChI=1S/C24H25N5O3/c1-14-5-8-18(9-6-14)27-23(30)21-15(2)25-24-26-16(3)28-29(24)22(21)17-7-10-19-20(13-17)32-12-4-11-31-19/h5-10,13,22H,4,11-12H2,1-3H3,(H,27,30)(H,25,26,28). The number of nitrogens with one attached hydrogen (secondary N) is 2. The van der Waals surface area contributed by atoms with Crippen LogP contribution in [0.25, 0.3) is 0 Å². The van der Waals surface area contributed by atoms with E-state index in [9.17, 15) is 4.79 Å². The zero-order chi connectivity index (χ0) is 22.2. The van der Waals surface area contributed by atoms with Crippen molar-refractivity contribution in [3.05, 3.63) is 70.7 Å². The maximum absolute atomic E-state index is 13.5. The number of aromatic nitrogens is 3. The van der Waals surface area contributed by atoms with E-state index >= 15 is 0 Å². The largest absolute Gasteiger partial charge is 0.490 e. The molecule has 2 aromatic carbocycles. The minimum absolute atomic E-state index is 0.199. The van der Waals surface area contributed by atoms with Gasteiger partial charge >= 0.3 is 0 Å². The molecule has 0 spiro atoms. The van der Waals surface area contributed by atoms with Crippen molar-refractivity contribution in [3.63, 3.8) is 0 Å². The molecule has 0 saturated heterocycles. The van der Waals surface area contributed by atoms with Crippen LogP contribution in [0.15, 0.2) is 53.7 Å². The van der Waals surface area contributed by atoms with Crippen LogP contribution < -0.4 is 20.1 Å². The summed E-state index contributed by atoms with van der Waals surface area (Å²) >= 11 is 0. The highest BCUT2D eigenvalue weighted by Gasteiger charge is 2.34. The first-order valence-corrected chi connectivity index (χ1v) is 10.7. The van der Waals surface area contributed by atoms with Crippen molar-refractivity contribution in [1.29, 1.82) is 0 Å². The summed E-state index contributed by atoms with van der Waals surface area (Å²) in [6.07, 6.45) is 0.826. The van der Waals surface area contributed by atoms with E-state index in [-0.39, 0.29) is 5.91 Å². The number of ether oxygens (including phenoxy) is 2. The molecule has 8 nitrogen and oxygen atoms in total. The van der Waals surface area contributed by atoms with Crippen molar-refractivity contribution in [1.82, 2.24) is 14.8 Å². The maximum Gasteiger partial charge on any atom is 0.255 e. The fourth-order valence-electron chi connectivity index (χ4n) is 4.05. The van der Waals surface area contributed by atoms with E-state index in [2.05, 4.69) is 20.7 Å². The van der Waals surface area contributed by atoms with Crippen LogP contribution in [0, 0.1) is 13.8 Å². The van der Waals surface area contributed by atoms with E-state index in [1.807, 2.05) is 63.2 Å². The summed E-state index contributed by atoms with van der Waals surface area (Å²) in [5.74, 6) is 2.41. The third-order valence-electron chi connectivity index (χ3n) is 5.60. The number of amides is 1. The molecule has 0 saturated carbocycles. The van der Waals surface area contributed by atoms with E-state index in [0.29, 0.717) is 42.1 Å². The van der Waals surface area contributed by atoms with Crippen LogP contribution in [0.4, 0.5) is 11.6 Å². The molecule has 2 aliphatic rings. The van der Waals surface area contributed by atoms with Crippen molar-refractivity contribution < 1.29 is 14.3 Å². The van der Waals surface area contributed by atoms with Crippen molar-refractivity contribution >= 4 is 17.5 Å². The molecule has 1 amide bonds. The van der Waals surface area contributed by atoms with Gasteiger partial charge in [0.1, 0.15) is 11.9 Å². The van der Waals surface area contributed by atoms with Gasteiger partial charge in [-0.25, -0.2) is 4.68 Å². The number of rotatable bonds is 3. The molecule has 3 heterocycles. The summed E-state index contributed by atoms with van der Waals surface area (Å²) in [4.78, 5) is 18.0.